The molecule has 372 valence electrons. The Balaban J connectivity index is 4.75. The maximum absolute atomic E-state index is 13.2. The lowest BCUT2D eigenvalue weighted by Gasteiger charge is -2.24. The van der Waals surface area contributed by atoms with Gasteiger partial charge in [0.25, 0.3) is 0 Å². The number of hydrogen-bond donors (Lipinski definition) is 3. The van der Waals surface area contributed by atoms with Gasteiger partial charge in [0, 0.05) is 12.8 Å². The number of carbonyl (C=O) groups is 2. The van der Waals surface area contributed by atoms with Crippen molar-refractivity contribution >= 4 is 11.9 Å². The number of amides is 1. The van der Waals surface area contributed by atoms with Gasteiger partial charge in [0.2, 0.25) is 5.91 Å². The zero-order chi connectivity index (χ0) is 47.4. The lowest BCUT2D eigenvalue weighted by atomic mass is 10.0. The van der Waals surface area contributed by atoms with Gasteiger partial charge in [-0.3, -0.25) is 9.59 Å². The van der Waals surface area contributed by atoms with E-state index in [-0.39, 0.29) is 24.9 Å². The molecule has 3 atom stereocenters. The van der Waals surface area contributed by atoms with Gasteiger partial charge in [0.05, 0.1) is 25.2 Å². The quantitative estimate of drug-likeness (QED) is 0.0245. The molecule has 3 N–H and O–H groups in total. The number of esters is 1. The summed E-state index contributed by atoms with van der Waals surface area (Å²) in [4.78, 5) is 26.2. The Labute approximate surface area is 401 Å². The van der Waals surface area contributed by atoms with Crippen LogP contribution in [0.1, 0.15) is 239 Å². The SMILES string of the molecule is CC/C=C\C/C=C\C/C=C\C/C=C\C/C=C\CC(CC(=O)NC(CO)C(O)CCCCCCCCCCCCCCC)OC(=O)CCCCCCC/C=C/C=C/C=C/CCCCCCC. The van der Waals surface area contributed by atoms with Crippen molar-refractivity contribution in [3.05, 3.63) is 97.2 Å². The summed E-state index contributed by atoms with van der Waals surface area (Å²) in [6.07, 6.45) is 69.1. The van der Waals surface area contributed by atoms with E-state index in [4.69, 9.17) is 4.74 Å². The average molecular weight is 904 g/mol. The number of unbranched alkanes of at least 4 members (excludes halogenated alkanes) is 22. The van der Waals surface area contributed by atoms with Crippen LogP contribution in [0.15, 0.2) is 97.2 Å². The Morgan fingerprint density at radius 1 is 0.492 bits per heavy atom. The third kappa shape index (κ3) is 47.1. The third-order valence-corrected chi connectivity index (χ3v) is 11.7. The highest BCUT2D eigenvalue weighted by Crippen LogP contribution is 2.16. The van der Waals surface area contributed by atoms with Gasteiger partial charge in [-0.1, -0.05) is 246 Å². The third-order valence-electron chi connectivity index (χ3n) is 11.7. The topological polar surface area (TPSA) is 95.9 Å². The predicted molar refractivity (Wildman–Crippen MR) is 282 cm³/mol. The number of aliphatic hydroxyl groups is 2. The van der Waals surface area contributed by atoms with E-state index in [0.717, 1.165) is 96.3 Å². The number of aliphatic hydroxyl groups excluding tert-OH is 2. The maximum Gasteiger partial charge on any atom is 0.306 e. The molecule has 0 bridgehead atoms. The predicted octanol–water partition coefficient (Wildman–Crippen LogP) is 16.5. The highest BCUT2D eigenvalue weighted by Gasteiger charge is 2.23. The van der Waals surface area contributed by atoms with Crippen LogP contribution < -0.4 is 5.32 Å². The number of carbonyl (C=O) groups excluding carboxylic acids is 2. The summed E-state index contributed by atoms with van der Waals surface area (Å²) >= 11 is 0. The molecule has 6 nitrogen and oxygen atoms in total. The molecule has 0 aliphatic heterocycles. The molecule has 3 unspecified atom stereocenters. The van der Waals surface area contributed by atoms with E-state index < -0.39 is 18.2 Å². The molecule has 0 saturated heterocycles. The second-order valence-corrected chi connectivity index (χ2v) is 18.0. The summed E-state index contributed by atoms with van der Waals surface area (Å²) in [6, 6.07) is -0.742. The van der Waals surface area contributed by atoms with Gasteiger partial charge >= 0.3 is 5.97 Å². The second kappa shape index (κ2) is 51.8. The summed E-state index contributed by atoms with van der Waals surface area (Å²) in [5.41, 5.74) is 0. The van der Waals surface area contributed by atoms with Crippen molar-refractivity contribution in [1.29, 1.82) is 0 Å². The molecule has 1 amide bonds. The van der Waals surface area contributed by atoms with Crippen LogP contribution in [0.5, 0.6) is 0 Å². The monoisotopic (exact) mass is 904 g/mol. The van der Waals surface area contributed by atoms with E-state index in [1.807, 2.05) is 12.2 Å². The molecule has 6 heteroatoms. The molecule has 0 rings (SSSR count). The number of ether oxygens (including phenoxy) is 1. The van der Waals surface area contributed by atoms with Crippen molar-refractivity contribution in [2.75, 3.05) is 6.61 Å². The zero-order valence-corrected chi connectivity index (χ0v) is 42.3. The molecule has 0 saturated carbocycles. The minimum Gasteiger partial charge on any atom is -0.461 e. The van der Waals surface area contributed by atoms with Gasteiger partial charge in [0.15, 0.2) is 0 Å². The fourth-order valence-corrected chi connectivity index (χ4v) is 7.63. The minimum absolute atomic E-state index is 0.0138. The number of hydrogen-bond acceptors (Lipinski definition) is 5. The molecule has 0 aromatic rings. The molecule has 65 heavy (non-hydrogen) atoms. The lowest BCUT2D eigenvalue weighted by Crippen LogP contribution is -2.46. The van der Waals surface area contributed by atoms with Gasteiger partial charge in [-0.25, -0.2) is 0 Å². The normalized spacial score (nSPS) is 14.0. The molecule has 0 heterocycles. The van der Waals surface area contributed by atoms with Crippen molar-refractivity contribution in [3.8, 4) is 0 Å². The van der Waals surface area contributed by atoms with Gasteiger partial charge < -0.3 is 20.3 Å². The summed E-state index contributed by atoms with van der Waals surface area (Å²) in [5, 5.41) is 23.8. The van der Waals surface area contributed by atoms with E-state index in [9.17, 15) is 19.8 Å². The van der Waals surface area contributed by atoms with E-state index in [1.54, 1.807) is 0 Å². The first-order valence-corrected chi connectivity index (χ1v) is 27.0. The van der Waals surface area contributed by atoms with E-state index in [1.165, 1.54) is 96.3 Å². The second-order valence-electron chi connectivity index (χ2n) is 18.0. The molecule has 0 aliphatic rings. The molecule has 0 spiro atoms. The minimum atomic E-state index is -0.821. The van der Waals surface area contributed by atoms with Crippen molar-refractivity contribution in [2.24, 2.45) is 0 Å². The first-order valence-electron chi connectivity index (χ1n) is 27.0. The Bertz CT molecular complexity index is 1290. The fourth-order valence-electron chi connectivity index (χ4n) is 7.63. The molecular weight excluding hydrogens is 803 g/mol. The summed E-state index contributed by atoms with van der Waals surface area (Å²) in [7, 11) is 0. The largest absolute Gasteiger partial charge is 0.461 e. The summed E-state index contributed by atoms with van der Waals surface area (Å²) in [5.74, 6) is -0.607. The summed E-state index contributed by atoms with van der Waals surface area (Å²) in [6.45, 7) is 6.32. The zero-order valence-electron chi connectivity index (χ0n) is 42.3. The van der Waals surface area contributed by atoms with Crippen molar-refractivity contribution in [3.63, 3.8) is 0 Å². The van der Waals surface area contributed by atoms with Crippen LogP contribution in [-0.2, 0) is 14.3 Å². The van der Waals surface area contributed by atoms with Crippen LogP contribution in [0, 0.1) is 0 Å². The Kier molecular flexibility index (Phi) is 49.2. The lowest BCUT2D eigenvalue weighted by molar-refractivity contribution is -0.150. The molecule has 0 aromatic carbocycles. The van der Waals surface area contributed by atoms with Crippen LogP contribution in [0.25, 0.3) is 0 Å². The Morgan fingerprint density at radius 2 is 0.908 bits per heavy atom. The van der Waals surface area contributed by atoms with E-state index in [2.05, 4.69) is 111 Å². The molecule has 0 radical (unpaired) electrons. The van der Waals surface area contributed by atoms with Crippen molar-refractivity contribution < 1.29 is 24.5 Å². The van der Waals surface area contributed by atoms with Crippen molar-refractivity contribution in [2.45, 2.75) is 257 Å². The van der Waals surface area contributed by atoms with Gasteiger partial charge in [-0.05, 0) is 70.6 Å². The maximum atomic E-state index is 13.2. The molecule has 0 aromatic heterocycles. The molecule has 0 fully saturated rings. The number of allylic oxidation sites excluding steroid dienone is 15. The van der Waals surface area contributed by atoms with Crippen LogP contribution in [0.3, 0.4) is 0 Å². The van der Waals surface area contributed by atoms with Crippen LogP contribution in [0.4, 0.5) is 0 Å². The number of rotatable bonds is 47. The molecule has 0 aliphatic carbocycles. The van der Waals surface area contributed by atoms with Gasteiger partial charge in [-0.2, -0.15) is 0 Å². The molecular formula is C59H101NO5. The van der Waals surface area contributed by atoms with Crippen molar-refractivity contribution in [1.82, 2.24) is 5.32 Å². The van der Waals surface area contributed by atoms with Gasteiger partial charge in [-0.15, -0.1) is 0 Å². The highest BCUT2D eigenvalue weighted by molar-refractivity contribution is 5.77. The Morgan fingerprint density at radius 3 is 1.37 bits per heavy atom. The van der Waals surface area contributed by atoms with Crippen LogP contribution >= 0.6 is 0 Å². The first kappa shape index (κ1) is 61.8. The standard InChI is InChI=1S/C59H101NO5/c1-4-7-10-13-16-19-22-25-27-28-29-31-34-37-40-43-46-49-52-59(64)65-55(50-47-44-41-38-35-33-30-26-23-20-17-14-11-8-5-2)53-58(63)60-56(54-61)57(62)51-48-45-42-39-36-32-24-21-18-15-12-9-6-3/h8,11,17,20,22,25-31,35,38,44,47,55-57,61-62H,4-7,9-10,12-16,18-19,21,23-24,32-34,36-37,39-43,45-46,48-54H2,1-3H3,(H,60,63)/b11-8-,20-17-,25-22+,28-27+,30-26-,31-29+,38-35-,47-44-. The first-order chi connectivity index (χ1) is 32.0. The summed E-state index contributed by atoms with van der Waals surface area (Å²) < 4.78 is 5.87. The highest BCUT2D eigenvalue weighted by atomic mass is 16.5. The number of nitrogens with one attached hydrogen (secondary N) is 1. The average Bonchev–Trinajstić information content (AvgIpc) is 3.30. The van der Waals surface area contributed by atoms with Gasteiger partial charge in [0.1, 0.15) is 6.10 Å². The Hall–Kier alpha value is -3.22. The van der Waals surface area contributed by atoms with E-state index >= 15 is 0 Å². The van der Waals surface area contributed by atoms with E-state index in [0.29, 0.717) is 19.3 Å². The smallest absolute Gasteiger partial charge is 0.306 e. The fraction of sp³-hybridized carbons (Fsp3) is 0.695. The van der Waals surface area contributed by atoms with Crippen LogP contribution in [0.2, 0.25) is 0 Å². The van der Waals surface area contributed by atoms with Crippen LogP contribution in [-0.4, -0.2) is 46.9 Å².